The summed E-state index contributed by atoms with van der Waals surface area (Å²) in [7, 11) is 0. The maximum absolute atomic E-state index is 12.8. The molecule has 0 aliphatic heterocycles. The molecule has 2 unspecified atom stereocenters. The van der Waals surface area contributed by atoms with Gasteiger partial charge in [-0.25, -0.2) is 9.59 Å². The van der Waals surface area contributed by atoms with Gasteiger partial charge in [0.05, 0.1) is 5.56 Å². The fourth-order valence-corrected chi connectivity index (χ4v) is 4.42. The number of fused-ring (bicyclic) bond motifs is 2. The van der Waals surface area contributed by atoms with E-state index in [0.717, 1.165) is 5.52 Å². The summed E-state index contributed by atoms with van der Waals surface area (Å²) in [5.74, 6) is -1.53. The summed E-state index contributed by atoms with van der Waals surface area (Å²) in [6.45, 7) is 1.49. The first kappa shape index (κ1) is 25.9. The second-order valence-electron chi connectivity index (χ2n) is 9.06. The van der Waals surface area contributed by atoms with Gasteiger partial charge in [-0.05, 0) is 66.6 Å². The summed E-state index contributed by atoms with van der Waals surface area (Å²) in [5, 5.41) is 23.9. The Balaban J connectivity index is 1.29. The van der Waals surface area contributed by atoms with Gasteiger partial charge in [0.15, 0.2) is 6.10 Å². The Morgan fingerprint density at radius 3 is 2.59 bits per heavy atom. The van der Waals surface area contributed by atoms with Gasteiger partial charge in [-0.3, -0.25) is 4.79 Å². The highest BCUT2D eigenvalue weighted by Crippen LogP contribution is 2.26. The standard InChI is InChI=1S/C29H23ClN2O7/c1-15(27(34)32-25(28(35)36)11-18-14-31-24-9-7-20(33)12-22(18)24)38-21-8-4-17-10-23(29(37)39-26(17)13-21)16-2-5-19(30)6-3-16/h2-10,12-15,25,31,33H,11H2,1H3,(H,32,34)(H,35,36). The maximum Gasteiger partial charge on any atom is 0.344 e. The van der Waals surface area contributed by atoms with Crippen molar-refractivity contribution in [2.45, 2.75) is 25.5 Å². The predicted octanol–water partition coefficient (Wildman–Crippen LogP) is 4.88. The molecular formula is C29H23ClN2O7. The molecule has 1 amide bonds. The SMILES string of the molecule is CC(Oc1ccc2cc(-c3ccc(Cl)cc3)c(=O)oc2c1)C(=O)NC(Cc1c[nH]c2ccc(O)cc12)C(=O)O. The lowest BCUT2D eigenvalue weighted by atomic mass is 10.0. The molecule has 0 spiro atoms. The van der Waals surface area contributed by atoms with Crippen molar-refractivity contribution in [1.29, 1.82) is 0 Å². The van der Waals surface area contributed by atoms with E-state index in [1.54, 1.807) is 54.7 Å². The number of aromatic hydroxyl groups is 1. The van der Waals surface area contributed by atoms with Crippen LogP contribution in [0.4, 0.5) is 0 Å². The van der Waals surface area contributed by atoms with Gasteiger partial charge in [0.1, 0.15) is 23.1 Å². The first-order chi connectivity index (χ1) is 18.7. The lowest BCUT2D eigenvalue weighted by Gasteiger charge is -2.19. The lowest BCUT2D eigenvalue weighted by molar-refractivity contribution is -0.142. The fraction of sp³-hybridized carbons (Fsp3) is 0.138. The van der Waals surface area contributed by atoms with Crippen molar-refractivity contribution in [3.63, 3.8) is 0 Å². The molecule has 0 aliphatic carbocycles. The Kier molecular flexibility index (Phi) is 7.00. The molecule has 9 nitrogen and oxygen atoms in total. The van der Waals surface area contributed by atoms with E-state index in [0.29, 0.717) is 32.5 Å². The molecule has 0 aliphatic rings. The molecular weight excluding hydrogens is 524 g/mol. The monoisotopic (exact) mass is 546 g/mol. The summed E-state index contributed by atoms with van der Waals surface area (Å²) >= 11 is 5.93. The highest BCUT2D eigenvalue weighted by molar-refractivity contribution is 6.30. The van der Waals surface area contributed by atoms with E-state index in [1.165, 1.54) is 25.1 Å². The van der Waals surface area contributed by atoms with Crippen LogP contribution in [-0.2, 0) is 16.0 Å². The van der Waals surface area contributed by atoms with Crippen LogP contribution in [0.5, 0.6) is 11.5 Å². The Bertz CT molecular complexity index is 1760. The average Bonchev–Trinajstić information content (AvgIpc) is 3.29. The van der Waals surface area contributed by atoms with Crippen molar-refractivity contribution in [2.75, 3.05) is 0 Å². The number of H-pyrrole nitrogens is 1. The van der Waals surface area contributed by atoms with Crippen LogP contribution >= 0.6 is 11.6 Å². The summed E-state index contributed by atoms with van der Waals surface area (Å²) in [4.78, 5) is 40.4. The number of aromatic nitrogens is 1. The van der Waals surface area contributed by atoms with Gasteiger partial charge >= 0.3 is 11.6 Å². The third-order valence-corrected chi connectivity index (χ3v) is 6.59. The van der Waals surface area contributed by atoms with Crippen LogP contribution in [0.25, 0.3) is 33.0 Å². The minimum absolute atomic E-state index is 0.00562. The fourth-order valence-electron chi connectivity index (χ4n) is 4.30. The number of phenols is 1. The molecule has 0 saturated heterocycles. The molecule has 198 valence electrons. The largest absolute Gasteiger partial charge is 0.508 e. The van der Waals surface area contributed by atoms with E-state index < -0.39 is 29.6 Å². The van der Waals surface area contributed by atoms with Crippen LogP contribution in [0.1, 0.15) is 12.5 Å². The summed E-state index contributed by atoms with van der Waals surface area (Å²) in [6.07, 6.45) is 0.596. The van der Waals surface area contributed by atoms with E-state index in [9.17, 15) is 24.6 Å². The molecule has 0 saturated carbocycles. The number of hydrogen-bond acceptors (Lipinski definition) is 6. The third-order valence-electron chi connectivity index (χ3n) is 6.33. The molecule has 2 atom stereocenters. The highest BCUT2D eigenvalue weighted by Gasteiger charge is 2.25. The molecule has 2 aromatic heterocycles. The van der Waals surface area contributed by atoms with E-state index in [2.05, 4.69) is 10.3 Å². The number of aliphatic carboxylic acids is 1. The Hall–Kier alpha value is -4.76. The number of benzene rings is 3. The first-order valence-electron chi connectivity index (χ1n) is 12.0. The lowest BCUT2D eigenvalue weighted by Crippen LogP contribution is -2.47. The summed E-state index contributed by atoms with van der Waals surface area (Å²) in [6, 6.07) is 16.9. The van der Waals surface area contributed by atoms with E-state index in [4.69, 9.17) is 20.8 Å². The topological polar surface area (TPSA) is 142 Å². The zero-order valence-electron chi connectivity index (χ0n) is 20.6. The van der Waals surface area contributed by atoms with Crippen molar-refractivity contribution < 1.29 is 29.0 Å². The number of rotatable bonds is 8. The van der Waals surface area contributed by atoms with Crippen molar-refractivity contribution in [1.82, 2.24) is 10.3 Å². The molecule has 0 bridgehead atoms. The number of hydrogen-bond donors (Lipinski definition) is 4. The average molecular weight is 547 g/mol. The molecule has 0 radical (unpaired) electrons. The van der Waals surface area contributed by atoms with Gasteiger partial charge in [0.25, 0.3) is 5.91 Å². The van der Waals surface area contributed by atoms with Crippen LogP contribution in [0.3, 0.4) is 0 Å². The van der Waals surface area contributed by atoms with Gasteiger partial charge in [0.2, 0.25) is 0 Å². The number of carboxylic acids is 1. The van der Waals surface area contributed by atoms with E-state index in [-0.39, 0.29) is 23.5 Å². The molecule has 5 aromatic rings. The smallest absolute Gasteiger partial charge is 0.344 e. The molecule has 4 N–H and O–H groups in total. The molecule has 39 heavy (non-hydrogen) atoms. The van der Waals surface area contributed by atoms with Crippen LogP contribution in [0, 0.1) is 0 Å². The number of carboxylic acid groups (broad SMARTS) is 1. The van der Waals surface area contributed by atoms with Gasteiger partial charge in [-0.1, -0.05) is 23.7 Å². The number of phenolic OH excluding ortho intramolecular Hbond substituents is 1. The Labute approximate surface area is 226 Å². The Morgan fingerprint density at radius 1 is 1.08 bits per heavy atom. The second-order valence-corrected chi connectivity index (χ2v) is 9.50. The van der Waals surface area contributed by atoms with E-state index in [1.807, 2.05) is 0 Å². The van der Waals surface area contributed by atoms with E-state index >= 15 is 0 Å². The van der Waals surface area contributed by atoms with Crippen LogP contribution in [0.15, 0.2) is 82.1 Å². The minimum Gasteiger partial charge on any atom is -0.508 e. The first-order valence-corrected chi connectivity index (χ1v) is 12.4. The number of carbonyl (C=O) groups is 2. The van der Waals surface area contributed by atoms with Gasteiger partial charge in [-0.2, -0.15) is 0 Å². The maximum atomic E-state index is 12.8. The third kappa shape index (κ3) is 5.58. The number of ether oxygens (including phenoxy) is 1. The quantitative estimate of drug-likeness (QED) is 0.203. The van der Waals surface area contributed by atoms with Crippen molar-refractivity contribution in [3.8, 4) is 22.6 Å². The zero-order valence-corrected chi connectivity index (χ0v) is 21.4. The van der Waals surface area contributed by atoms with Crippen LogP contribution in [0.2, 0.25) is 5.02 Å². The Morgan fingerprint density at radius 2 is 1.85 bits per heavy atom. The van der Waals surface area contributed by atoms with Gasteiger partial charge in [0, 0.05) is 40.0 Å². The summed E-state index contributed by atoms with van der Waals surface area (Å²) in [5.41, 5.74) is 2.14. The van der Waals surface area contributed by atoms with Crippen LogP contribution in [-0.4, -0.2) is 39.2 Å². The number of amides is 1. The normalized spacial score (nSPS) is 12.8. The highest BCUT2D eigenvalue weighted by atomic mass is 35.5. The molecule has 10 heteroatoms. The molecule has 5 rings (SSSR count). The number of nitrogens with one attached hydrogen (secondary N) is 2. The van der Waals surface area contributed by atoms with Crippen molar-refractivity contribution in [2.24, 2.45) is 0 Å². The van der Waals surface area contributed by atoms with Gasteiger partial charge < -0.3 is 29.7 Å². The molecule has 0 fully saturated rings. The number of aromatic amines is 1. The number of halogens is 1. The van der Waals surface area contributed by atoms with Crippen LogP contribution < -0.4 is 15.7 Å². The summed E-state index contributed by atoms with van der Waals surface area (Å²) < 4.78 is 11.2. The predicted molar refractivity (Wildman–Crippen MR) is 146 cm³/mol. The molecule has 2 heterocycles. The minimum atomic E-state index is -1.23. The molecule has 3 aromatic carbocycles. The van der Waals surface area contributed by atoms with Crippen molar-refractivity contribution in [3.05, 3.63) is 93.9 Å². The number of carbonyl (C=O) groups excluding carboxylic acids is 1. The van der Waals surface area contributed by atoms with Gasteiger partial charge in [-0.15, -0.1) is 0 Å². The van der Waals surface area contributed by atoms with Crippen molar-refractivity contribution >= 4 is 45.3 Å². The second kappa shape index (κ2) is 10.5. The zero-order chi connectivity index (χ0) is 27.7.